The lowest BCUT2D eigenvalue weighted by Crippen LogP contribution is -2.31. The van der Waals surface area contributed by atoms with Crippen LogP contribution in [0.1, 0.15) is 24.9 Å². The Labute approximate surface area is 145 Å². The second-order valence-electron chi connectivity index (χ2n) is 6.04. The van der Waals surface area contributed by atoms with Gasteiger partial charge in [-0.15, -0.1) is 0 Å². The standard InChI is InChI=1S/C16H21N7S/c1-3-14-18-16(24-20-14)22-7-4-6-21(9-10-22)15-13-11-12(2)19-23(13)8-5-17-15/h5,8,11H,3-4,6-7,9-10H2,1-2H3. The predicted octanol–water partition coefficient (Wildman–Crippen LogP) is 2.17. The molecule has 0 amide bonds. The van der Waals surface area contributed by atoms with Gasteiger partial charge >= 0.3 is 0 Å². The summed E-state index contributed by atoms with van der Waals surface area (Å²) in [6.07, 6.45) is 5.71. The Morgan fingerprint density at radius 3 is 2.83 bits per heavy atom. The SMILES string of the molecule is CCc1nsc(N2CCCN(c3nccn4nc(C)cc34)CC2)n1. The molecule has 8 heteroatoms. The molecule has 0 bridgehead atoms. The molecule has 0 N–H and O–H groups in total. The molecule has 24 heavy (non-hydrogen) atoms. The van der Waals surface area contributed by atoms with Gasteiger partial charge in [-0.25, -0.2) is 14.5 Å². The lowest BCUT2D eigenvalue weighted by Gasteiger charge is -2.22. The minimum Gasteiger partial charge on any atom is -0.353 e. The molecule has 1 aliphatic rings. The lowest BCUT2D eigenvalue weighted by molar-refractivity contribution is 0.793. The molecular weight excluding hydrogens is 322 g/mol. The maximum atomic E-state index is 4.63. The first-order chi connectivity index (χ1) is 11.7. The van der Waals surface area contributed by atoms with Gasteiger partial charge in [0.25, 0.3) is 0 Å². The molecule has 126 valence electrons. The summed E-state index contributed by atoms with van der Waals surface area (Å²) in [6.45, 7) is 7.98. The molecule has 7 nitrogen and oxygen atoms in total. The topological polar surface area (TPSA) is 62.5 Å². The van der Waals surface area contributed by atoms with Gasteiger partial charge in [-0.3, -0.25) is 0 Å². The summed E-state index contributed by atoms with van der Waals surface area (Å²) < 4.78 is 6.33. The molecule has 3 aromatic heterocycles. The maximum Gasteiger partial charge on any atom is 0.205 e. The fraction of sp³-hybridized carbons (Fsp3) is 0.500. The summed E-state index contributed by atoms with van der Waals surface area (Å²) in [5, 5.41) is 5.53. The van der Waals surface area contributed by atoms with Gasteiger partial charge in [0.2, 0.25) is 5.13 Å². The van der Waals surface area contributed by atoms with Gasteiger partial charge in [-0.1, -0.05) is 6.92 Å². The van der Waals surface area contributed by atoms with E-state index in [2.05, 4.69) is 42.2 Å². The summed E-state index contributed by atoms with van der Waals surface area (Å²) in [7, 11) is 0. The second-order valence-corrected chi connectivity index (χ2v) is 6.77. The Bertz CT molecular complexity index is 840. The first kappa shape index (κ1) is 15.3. The predicted molar refractivity (Wildman–Crippen MR) is 96.1 cm³/mol. The highest BCUT2D eigenvalue weighted by atomic mass is 32.1. The third-order valence-electron chi connectivity index (χ3n) is 4.33. The van der Waals surface area contributed by atoms with Crippen molar-refractivity contribution in [2.75, 3.05) is 36.0 Å². The molecule has 0 unspecified atom stereocenters. The third-order valence-corrected chi connectivity index (χ3v) is 5.15. The molecule has 4 rings (SSSR count). The van der Waals surface area contributed by atoms with Crippen LogP contribution in [-0.4, -0.2) is 50.1 Å². The second kappa shape index (κ2) is 6.35. The maximum absolute atomic E-state index is 4.63. The van der Waals surface area contributed by atoms with Crippen LogP contribution in [0.25, 0.3) is 5.52 Å². The number of fused-ring (bicyclic) bond motifs is 1. The van der Waals surface area contributed by atoms with Crippen molar-refractivity contribution >= 4 is 28.0 Å². The molecule has 0 aliphatic carbocycles. The van der Waals surface area contributed by atoms with Crippen molar-refractivity contribution in [3.63, 3.8) is 0 Å². The lowest BCUT2D eigenvalue weighted by atomic mass is 10.3. The third kappa shape index (κ3) is 2.82. The van der Waals surface area contributed by atoms with Crippen molar-refractivity contribution in [1.82, 2.24) is 24.0 Å². The number of rotatable bonds is 3. The molecule has 4 heterocycles. The average Bonchev–Trinajstić information content (AvgIpc) is 3.14. The normalized spacial score (nSPS) is 15.9. The Morgan fingerprint density at radius 2 is 2.00 bits per heavy atom. The van der Waals surface area contributed by atoms with Crippen molar-refractivity contribution in [1.29, 1.82) is 0 Å². The van der Waals surface area contributed by atoms with Gasteiger partial charge < -0.3 is 9.80 Å². The average molecular weight is 343 g/mol. The zero-order chi connectivity index (χ0) is 16.5. The number of aryl methyl sites for hydroxylation is 2. The highest BCUT2D eigenvalue weighted by molar-refractivity contribution is 7.09. The van der Waals surface area contributed by atoms with E-state index in [-0.39, 0.29) is 0 Å². The molecule has 0 aromatic carbocycles. The minimum atomic E-state index is 0.892. The van der Waals surface area contributed by atoms with Gasteiger partial charge in [0.05, 0.1) is 5.69 Å². The molecule has 3 aromatic rings. The van der Waals surface area contributed by atoms with E-state index in [0.717, 1.165) is 67.0 Å². The van der Waals surface area contributed by atoms with E-state index >= 15 is 0 Å². The van der Waals surface area contributed by atoms with Crippen molar-refractivity contribution in [3.8, 4) is 0 Å². The summed E-state index contributed by atoms with van der Waals surface area (Å²) >= 11 is 1.51. The molecule has 1 saturated heterocycles. The van der Waals surface area contributed by atoms with Crippen LogP contribution in [0.3, 0.4) is 0 Å². The van der Waals surface area contributed by atoms with Crippen LogP contribution in [0.5, 0.6) is 0 Å². The van der Waals surface area contributed by atoms with Crippen molar-refractivity contribution < 1.29 is 0 Å². The Balaban J connectivity index is 1.55. The number of aromatic nitrogens is 5. The monoisotopic (exact) mass is 343 g/mol. The van der Waals surface area contributed by atoms with Crippen LogP contribution in [0.4, 0.5) is 10.9 Å². The summed E-state index contributed by atoms with van der Waals surface area (Å²) in [6, 6.07) is 2.10. The number of nitrogens with zero attached hydrogens (tertiary/aromatic N) is 7. The fourth-order valence-electron chi connectivity index (χ4n) is 3.11. The van der Waals surface area contributed by atoms with Crippen LogP contribution >= 0.6 is 11.5 Å². The fourth-order valence-corrected chi connectivity index (χ4v) is 3.91. The van der Waals surface area contributed by atoms with Crippen molar-refractivity contribution in [3.05, 3.63) is 30.0 Å². The molecule has 0 spiro atoms. The van der Waals surface area contributed by atoms with E-state index in [4.69, 9.17) is 0 Å². The van der Waals surface area contributed by atoms with Gasteiger partial charge in [0.1, 0.15) is 11.3 Å². The summed E-state index contributed by atoms with van der Waals surface area (Å²) in [5.74, 6) is 1.96. The highest BCUT2D eigenvalue weighted by Crippen LogP contribution is 2.23. The Kier molecular flexibility index (Phi) is 4.05. The van der Waals surface area contributed by atoms with E-state index in [0.29, 0.717) is 0 Å². The van der Waals surface area contributed by atoms with Crippen LogP contribution in [-0.2, 0) is 6.42 Å². The quantitative estimate of drug-likeness (QED) is 0.726. The Morgan fingerprint density at radius 1 is 1.17 bits per heavy atom. The van der Waals surface area contributed by atoms with Crippen LogP contribution in [0.15, 0.2) is 18.5 Å². The molecule has 1 fully saturated rings. The molecule has 0 radical (unpaired) electrons. The molecular formula is C16H21N7S. The van der Waals surface area contributed by atoms with E-state index < -0.39 is 0 Å². The molecule has 1 aliphatic heterocycles. The van der Waals surface area contributed by atoms with E-state index in [1.807, 2.05) is 23.8 Å². The van der Waals surface area contributed by atoms with Crippen LogP contribution in [0, 0.1) is 6.92 Å². The first-order valence-corrected chi connectivity index (χ1v) is 9.15. The molecule has 0 atom stereocenters. The van der Waals surface area contributed by atoms with Crippen molar-refractivity contribution in [2.24, 2.45) is 0 Å². The van der Waals surface area contributed by atoms with Crippen LogP contribution in [0.2, 0.25) is 0 Å². The number of hydrogen-bond acceptors (Lipinski definition) is 7. The van der Waals surface area contributed by atoms with Gasteiger partial charge in [0, 0.05) is 56.5 Å². The zero-order valence-electron chi connectivity index (χ0n) is 14.0. The summed E-state index contributed by atoms with van der Waals surface area (Å²) in [5.41, 5.74) is 2.09. The molecule has 0 saturated carbocycles. The van der Waals surface area contributed by atoms with Gasteiger partial charge in [-0.05, 0) is 19.4 Å². The summed E-state index contributed by atoms with van der Waals surface area (Å²) in [4.78, 5) is 14.0. The highest BCUT2D eigenvalue weighted by Gasteiger charge is 2.20. The van der Waals surface area contributed by atoms with E-state index in [9.17, 15) is 0 Å². The van der Waals surface area contributed by atoms with Crippen molar-refractivity contribution in [2.45, 2.75) is 26.7 Å². The Hall–Kier alpha value is -2.22. The first-order valence-electron chi connectivity index (χ1n) is 8.38. The zero-order valence-corrected chi connectivity index (χ0v) is 14.8. The van der Waals surface area contributed by atoms with Crippen LogP contribution < -0.4 is 9.80 Å². The number of anilines is 2. The number of hydrogen-bond donors (Lipinski definition) is 0. The minimum absolute atomic E-state index is 0.892. The van der Waals surface area contributed by atoms with E-state index in [1.54, 1.807) is 0 Å². The van der Waals surface area contributed by atoms with E-state index in [1.165, 1.54) is 11.5 Å². The van der Waals surface area contributed by atoms with Gasteiger partial charge in [-0.2, -0.15) is 9.47 Å². The largest absolute Gasteiger partial charge is 0.353 e. The smallest absolute Gasteiger partial charge is 0.205 e. The van der Waals surface area contributed by atoms with Gasteiger partial charge in [0.15, 0.2) is 5.82 Å².